The van der Waals surface area contributed by atoms with Crippen molar-refractivity contribution >= 4 is 11.6 Å². The van der Waals surface area contributed by atoms with Crippen molar-refractivity contribution < 1.29 is 19.8 Å². The zero-order chi connectivity index (χ0) is 12.3. The molecule has 4 atom stereocenters. The number of Topliss-reactive ketones (excluding diaryl/α,β-unsaturated/α-hetero) is 1. The Morgan fingerprint density at radius 3 is 2.69 bits per heavy atom. The number of hydrogen-bond donors (Lipinski definition) is 2. The maximum atomic E-state index is 11.3. The smallest absolute Gasteiger partial charge is 0.184 e. The lowest BCUT2D eigenvalue weighted by Crippen LogP contribution is -2.45. The van der Waals surface area contributed by atoms with Gasteiger partial charge in [-0.15, -0.1) is 0 Å². The molecule has 0 unspecified atom stereocenters. The second-order valence-electron chi connectivity index (χ2n) is 3.94. The monoisotopic (exact) mass is 224 g/mol. The minimum atomic E-state index is -1.31. The van der Waals surface area contributed by atoms with Crippen molar-refractivity contribution in [2.45, 2.75) is 26.1 Å². The van der Waals surface area contributed by atoms with Crippen molar-refractivity contribution in [3.05, 3.63) is 24.3 Å². The van der Waals surface area contributed by atoms with Gasteiger partial charge >= 0.3 is 0 Å². The minimum Gasteiger partial charge on any atom is -0.385 e. The van der Waals surface area contributed by atoms with E-state index >= 15 is 0 Å². The highest BCUT2D eigenvalue weighted by Gasteiger charge is 2.39. The lowest BCUT2D eigenvalue weighted by Gasteiger charge is -2.31. The fourth-order valence-electron chi connectivity index (χ4n) is 1.90. The number of ketones is 2. The summed E-state index contributed by atoms with van der Waals surface area (Å²) in [5.74, 6) is -1.99. The van der Waals surface area contributed by atoms with Gasteiger partial charge in [-0.3, -0.25) is 9.59 Å². The Labute approximate surface area is 94.3 Å². The molecule has 0 radical (unpaired) electrons. The highest BCUT2D eigenvalue weighted by atomic mass is 16.3. The number of aliphatic hydroxyl groups is 2. The van der Waals surface area contributed by atoms with Crippen LogP contribution in [-0.2, 0) is 9.59 Å². The second-order valence-corrected chi connectivity index (χ2v) is 3.94. The summed E-state index contributed by atoms with van der Waals surface area (Å²) in [4.78, 5) is 22.4. The Kier molecular flexibility index (Phi) is 4.15. The van der Waals surface area contributed by atoms with Crippen LogP contribution in [0.25, 0.3) is 0 Å². The van der Waals surface area contributed by atoms with E-state index in [0.717, 1.165) is 0 Å². The lowest BCUT2D eigenvalue weighted by molar-refractivity contribution is -0.137. The van der Waals surface area contributed by atoms with Crippen LogP contribution in [-0.4, -0.2) is 34.0 Å². The molecule has 1 aliphatic rings. The van der Waals surface area contributed by atoms with E-state index in [9.17, 15) is 19.8 Å². The molecule has 0 saturated heterocycles. The number of hydrogen-bond acceptors (Lipinski definition) is 4. The lowest BCUT2D eigenvalue weighted by atomic mass is 9.76. The summed E-state index contributed by atoms with van der Waals surface area (Å²) in [5, 5.41) is 19.4. The molecule has 2 N–H and O–H groups in total. The summed E-state index contributed by atoms with van der Waals surface area (Å²) in [5.41, 5.74) is 0. The minimum absolute atomic E-state index is 0.295. The summed E-state index contributed by atoms with van der Waals surface area (Å²) in [6, 6.07) is 0. The Balaban J connectivity index is 3.03. The van der Waals surface area contributed by atoms with Gasteiger partial charge in [-0.2, -0.15) is 0 Å². The zero-order valence-electron chi connectivity index (χ0n) is 9.33. The molecule has 0 amide bonds. The van der Waals surface area contributed by atoms with Crippen LogP contribution >= 0.6 is 0 Å². The number of allylic oxidation sites excluding steroid dienone is 3. The van der Waals surface area contributed by atoms with Gasteiger partial charge in [0.05, 0.1) is 0 Å². The van der Waals surface area contributed by atoms with Crippen molar-refractivity contribution in [1.29, 1.82) is 0 Å². The van der Waals surface area contributed by atoms with Crippen molar-refractivity contribution in [1.82, 2.24) is 0 Å². The van der Waals surface area contributed by atoms with Gasteiger partial charge in [-0.05, 0) is 19.9 Å². The predicted octanol–water partition coefficient (Wildman–Crippen LogP) is 0.245. The number of carbonyl (C=O) groups is 2. The Morgan fingerprint density at radius 1 is 1.56 bits per heavy atom. The SMILES string of the molecule is C/C=C/[C@@H]1C=CC(=O)[C@@H](O)[C@H]1[C@@H](O)C(C)=O. The maximum Gasteiger partial charge on any atom is 0.184 e. The van der Waals surface area contributed by atoms with Crippen molar-refractivity contribution in [2.24, 2.45) is 11.8 Å². The molecular formula is C12H16O4. The first-order valence-electron chi connectivity index (χ1n) is 5.20. The summed E-state index contributed by atoms with van der Waals surface area (Å²) in [7, 11) is 0. The summed E-state index contributed by atoms with van der Waals surface area (Å²) in [6.45, 7) is 3.04. The first kappa shape index (κ1) is 12.8. The van der Waals surface area contributed by atoms with E-state index < -0.39 is 29.7 Å². The molecule has 0 bridgehead atoms. The topological polar surface area (TPSA) is 74.6 Å². The third-order valence-corrected chi connectivity index (χ3v) is 2.78. The summed E-state index contributed by atoms with van der Waals surface area (Å²) >= 11 is 0. The molecule has 4 nitrogen and oxygen atoms in total. The number of carbonyl (C=O) groups excluding carboxylic acids is 2. The molecule has 1 aliphatic carbocycles. The molecule has 0 fully saturated rings. The molecule has 0 spiro atoms. The quantitative estimate of drug-likeness (QED) is 0.674. The molecule has 4 heteroatoms. The molecule has 0 saturated carbocycles. The third-order valence-electron chi connectivity index (χ3n) is 2.78. The third kappa shape index (κ3) is 2.46. The fraction of sp³-hybridized carbons (Fsp3) is 0.500. The molecule has 88 valence electrons. The number of rotatable bonds is 3. The fourth-order valence-corrected chi connectivity index (χ4v) is 1.90. The van der Waals surface area contributed by atoms with Gasteiger partial charge < -0.3 is 10.2 Å². The highest BCUT2D eigenvalue weighted by molar-refractivity contribution is 5.95. The van der Waals surface area contributed by atoms with E-state index in [2.05, 4.69) is 0 Å². The first-order valence-corrected chi connectivity index (χ1v) is 5.20. The largest absolute Gasteiger partial charge is 0.385 e. The van der Waals surface area contributed by atoms with Crippen LogP contribution in [0.2, 0.25) is 0 Å². The average Bonchev–Trinajstić information content (AvgIpc) is 2.23. The Hall–Kier alpha value is -1.26. The van der Waals surface area contributed by atoms with E-state index in [-0.39, 0.29) is 5.92 Å². The zero-order valence-corrected chi connectivity index (χ0v) is 9.33. The van der Waals surface area contributed by atoms with Crippen LogP contribution in [0.3, 0.4) is 0 Å². The molecule has 0 aromatic carbocycles. The standard InChI is InChI=1S/C12H16O4/c1-3-4-8-5-6-9(14)12(16)10(8)11(15)7(2)13/h3-6,8,10-12,15-16H,1-2H3/b4-3+/t8-,10-,11+,12-/m1/s1. The van der Waals surface area contributed by atoms with Gasteiger partial charge in [0.1, 0.15) is 12.2 Å². The van der Waals surface area contributed by atoms with E-state index in [1.54, 1.807) is 25.2 Å². The second kappa shape index (κ2) is 5.18. The van der Waals surface area contributed by atoms with E-state index in [1.807, 2.05) is 0 Å². The predicted molar refractivity (Wildman–Crippen MR) is 58.6 cm³/mol. The van der Waals surface area contributed by atoms with Gasteiger partial charge in [-0.1, -0.05) is 18.2 Å². The van der Waals surface area contributed by atoms with Gasteiger partial charge in [0, 0.05) is 11.8 Å². The van der Waals surface area contributed by atoms with E-state index in [4.69, 9.17) is 0 Å². The molecule has 1 rings (SSSR count). The van der Waals surface area contributed by atoms with Crippen LogP contribution in [0.1, 0.15) is 13.8 Å². The van der Waals surface area contributed by atoms with Gasteiger partial charge in [-0.25, -0.2) is 0 Å². The molecule has 0 aliphatic heterocycles. The van der Waals surface area contributed by atoms with Gasteiger partial charge in [0.2, 0.25) is 0 Å². The van der Waals surface area contributed by atoms with Crippen molar-refractivity contribution in [3.8, 4) is 0 Å². The Morgan fingerprint density at radius 2 is 2.19 bits per heavy atom. The van der Waals surface area contributed by atoms with Crippen LogP contribution in [0, 0.1) is 11.8 Å². The highest BCUT2D eigenvalue weighted by Crippen LogP contribution is 2.28. The summed E-state index contributed by atoms with van der Waals surface area (Å²) < 4.78 is 0. The van der Waals surface area contributed by atoms with Crippen LogP contribution in [0.4, 0.5) is 0 Å². The van der Waals surface area contributed by atoms with E-state index in [0.29, 0.717) is 0 Å². The normalized spacial score (nSPS) is 32.0. The van der Waals surface area contributed by atoms with E-state index in [1.165, 1.54) is 13.0 Å². The molecule has 16 heavy (non-hydrogen) atoms. The Bertz CT molecular complexity index is 343. The first-order chi connectivity index (χ1) is 7.49. The average molecular weight is 224 g/mol. The van der Waals surface area contributed by atoms with Crippen molar-refractivity contribution in [2.75, 3.05) is 0 Å². The molecule has 0 heterocycles. The van der Waals surface area contributed by atoms with Crippen LogP contribution in [0.5, 0.6) is 0 Å². The van der Waals surface area contributed by atoms with Gasteiger partial charge in [0.25, 0.3) is 0 Å². The maximum absolute atomic E-state index is 11.3. The van der Waals surface area contributed by atoms with Gasteiger partial charge in [0.15, 0.2) is 11.6 Å². The molecule has 0 aromatic heterocycles. The van der Waals surface area contributed by atoms with Crippen molar-refractivity contribution in [3.63, 3.8) is 0 Å². The molecular weight excluding hydrogens is 208 g/mol. The molecule has 0 aromatic rings. The number of aliphatic hydroxyl groups excluding tert-OH is 2. The summed E-state index contributed by atoms with van der Waals surface area (Å²) in [6.07, 6.45) is 3.78. The van der Waals surface area contributed by atoms with Crippen LogP contribution in [0.15, 0.2) is 24.3 Å². The van der Waals surface area contributed by atoms with Crippen LogP contribution < -0.4 is 0 Å².